The van der Waals surface area contributed by atoms with Gasteiger partial charge in [-0.1, -0.05) is 18.2 Å². The van der Waals surface area contributed by atoms with Crippen molar-refractivity contribution in [1.82, 2.24) is 9.99 Å². The van der Waals surface area contributed by atoms with Gasteiger partial charge in [-0.15, -0.1) is 6.58 Å². The van der Waals surface area contributed by atoms with Crippen LogP contribution in [-0.2, 0) is 6.54 Å². The predicted octanol–water partition coefficient (Wildman–Crippen LogP) is 2.76. The third-order valence-corrected chi connectivity index (χ3v) is 4.35. The van der Waals surface area contributed by atoms with E-state index in [4.69, 9.17) is 4.74 Å². The summed E-state index contributed by atoms with van der Waals surface area (Å²) in [4.78, 5) is 25.4. The maximum Gasteiger partial charge on any atom is 0.280 e. The normalized spacial score (nSPS) is 11.0. The number of aromatic nitrogens is 1. The fraction of sp³-hybridized carbons (Fsp3) is 0.136. The van der Waals surface area contributed by atoms with Crippen molar-refractivity contribution in [2.24, 2.45) is 5.10 Å². The van der Waals surface area contributed by atoms with Crippen LogP contribution < -0.4 is 15.7 Å². The van der Waals surface area contributed by atoms with E-state index in [1.807, 2.05) is 0 Å². The number of hydrazone groups is 1. The van der Waals surface area contributed by atoms with Crippen molar-refractivity contribution in [2.75, 3.05) is 6.61 Å². The monoisotopic (exact) mass is 407 g/mol. The minimum Gasteiger partial charge on any atom is -0.506 e. The van der Waals surface area contributed by atoms with Gasteiger partial charge in [0.1, 0.15) is 11.3 Å². The summed E-state index contributed by atoms with van der Waals surface area (Å²) in [7, 11) is 0. The first kappa shape index (κ1) is 20.7. The fourth-order valence-corrected chi connectivity index (χ4v) is 3.01. The van der Waals surface area contributed by atoms with Crippen LogP contribution in [0.25, 0.3) is 10.9 Å². The molecule has 3 N–H and O–H groups in total. The van der Waals surface area contributed by atoms with Crippen LogP contribution in [0.1, 0.15) is 22.8 Å². The van der Waals surface area contributed by atoms with Crippen LogP contribution in [0.3, 0.4) is 0 Å². The van der Waals surface area contributed by atoms with Crippen LogP contribution in [0.5, 0.6) is 17.2 Å². The minimum atomic E-state index is -0.846. The number of amides is 1. The lowest BCUT2D eigenvalue weighted by atomic mass is 10.1. The fourth-order valence-electron chi connectivity index (χ4n) is 3.01. The summed E-state index contributed by atoms with van der Waals surface area (Å²) in [5, 5.41) is 24.5. The third-order valence-electron chi connectivity index (χ3n) is 4.35. The Hall–Kier alpha value is -4.07. The molecule has 0 fully saturated rings. The summed E-state index contributed by atoms with van der Waals surface area (Å²) in [6.07, 6.45) is 2.87. The summed E-state index contributed by atoms with van der Waals surface area (Å²) in [5.41, 5.74) is 2.25. The van der Waals surface area contributed by atoms with Crippen LogP contribution in [-0.4, -0.2) is 33.5 Å². The van der Waals surface area contributed by atoms with Gasteiger partial charge in [-0.2, -0.15) is 5.10 Å². The molecule has 2 aromatic carbocycles. The van der Waals surface area contributed by atoms with Crippen molar-refractivity contribution in [2.45, 2.75) is 13.5 Å². The Morgan fingerprint density at radius 3 is 2.77 bits per heavy atom. The number of rotatable bonds is 7. The van der Waals surface area contributed by atoms with E-state index in [1.54, 1.807) is 43.3 Å². The molecule has 8 heteroatoms. The van der Waals surface area contributed by atoms with Gasteiger partial charge in [0, 0.05) is 11.9 Å². The van der Waals surface area contributed by atoms with Gasteiger partial charge in [0.15, 0.2) is 11.5 Å². The van der Waals surface area contributed by atoms with E-state index in [-0.39, 0.29) is 18.0 Å². The molecule has 1 aromatic heterocycles. The first-order chi connectivity index (χ1) is 14.5. The smallest absolute Gasteiger partial charge is 0.280 e. The number of nitrogens with one attached hydrogen (secondary N) is 1. The predicted molar refractivity (Wildman–Crippen MR) is 114 cm³/mol. The second kappa shape index (κ2) is 8.95. The average molecular weight is 407 g/mol. The third kappa shape index (κ3) is 4.02. The van der Waals surface area contributed by atoms with E-state index in [2.05, 4.69) is 17.1 Å². The second-order valence-corrected chi connectivity index (χ2v) is 6.30. The van der Waals surface area contributed by atoms with Crippen molar-refractivity contribution in [3.05, 3.63) is 76.6 Å². The van der Waals surface area contributed by atoms with Gasteiger partial charge >= 0.3 is 0 Å². The standard InChI is InChI=1S/C22H21N3O5/c1-3-11-25-16-8-6-5-7-15(16)20(27)19(22(25)29)21(28)24-23-13-14-9-10-17(26)18(12-14)30-4-2/h3,5-10,12-13,26-27H,1,4,11H2,2H3,(H,24,28). The van der Waals surface area contributed by atoms with Crippen LogP contribution in [0.4, 0.5) is 0 Å². The van der Waals surface area contributed by atoms with Crippen LogP contribution in [0, 0.1) is 0 Å². The lowest BCUT2D eigenvalue weighted by Crippen LogP contribution is -2.31. The molecule has 8 nitrogen and oxygen atoms in total. The molecule has 3 rings (SSSR count). The zero-order chi connectivity index (χ0) is 21.7. The largest absolute Gasteiger partial charge is 0.506 e. The Kier molecular flexibility index (Phi) is 6.17. The molecular weight excluding hydrogens is 386 g/mol. The van der Waals surface area contributed by atoms with Gasteiger partial charge in [-0.3, -0.25) is 9.59 Å². The van der Waals surface area contributed by atoms with E-state index in [1.165, 1.54) is 22.9 Å². The molecule has 0 atom stereocenters. The molecule has 0 saturated carbocycles. The Labute approximate surface area is 172 Å². The molecule has 0 aliphatic rings. The molecule has 0 aliphatic heterocycles. The number of carbonyl (C=O) groups is 1. The van der Waals surface area contributed by atoms with Crippen molar-refractivity contribution in [3.8, 4) is 17.2 Å². The highest BCUT2D eigenvalue weighted by atomic mass is 16.5. The second-order valence-electron chi connectivity index (χ2n) is 6.30. The highest BCUT2D eigenvalue weighted by Crippen LogP contribution is 2.27. The van der Waals surface area contributed by atoms with E-state index in [9.17, 15) is 19.8 Å². The average Bonchev–Trinajstić information content (AvgIpc) is 2.74. The number of nitrogens with zero attached hydrogens (tertiary/aromatic N) is 2. The number of allylic oxidation sites excluding steroid dienone is 1. The molecule has 0 spiro atoms. The summed E-state index contributed by atoms with van der Waals surface area (Å²) >= 11 is 0. The summed E-state index contributed by atoms with van der Waals surface area (Å²) < 4.78 is 6.65. The minimum absolute atomic E-state index is 0.0121. The highest BCUT2D eigenvalue weighted by molar-refractivity contribution is 6.02. The number of aromatic hydroxyl groups is 2. The first-order valence-corrected chi connectivity index (χ1v) is 9.22. The zero-order valence-corrected chi connectivity index (χ0v) is 16.3. The summed E-state index contributed by atoms with van der Waals surface area (Å²) in [5.74, 6) is -0.984. The number of carbonyl (C=O) groups excluding carboxylic acids is 1. The lowest BCUT2D eigenvalue weighted by molar-refractivity contribution is 0.0950. The Morgan fingerprint density at radius 2 is 2.03 bits per heavy atom. The number of benzene rings is 2. The van der Waals surface area contributed by atoms with Gasteiger partial charge < -0.3 is 19.5 Å². The number of ether oxygens (including phenoxy) is 1. The van der Waals surface area contributed by atoms with Crippen molar-refractivity contribution in [3.63, 3.8) is 0 Å². The Bertz CT molecular complexity index is 1200. The van der Waals surface area contributed by atoms with Crippen molar-refractivity contribution >= 4 is 23.0 Å². The molecule has 0 saturated heterocycles. The van der Waals surface area contributed by atoms with Crippen LogP contribution in [0.2, 0.25) is 0 Å². The van der Waals surface area contributed by atoms with Gasteiger partial charge in [0.2, 0.25) is 0 Å². The lowest BCUT2D eigenvalue weighted by Gasteiger charge is -2.12. The van der Waals surface area contributed by atoms with E-state index in [0.29, 0.717) is 23.1 Å². The molecule has 0 radical (unpaired) electrons. The summed E-state index contributed by atoms with van der Waals surface area (Å²) in [6.45, 7) is 5.98. The highest BCUT2D eigenvalue weighted by Gasteiger charge is 2.21. The molecule has 0 aliphatic carbocycles. The van der Waals surface area contributed by atoms with Gasteiger partial charge in [-0.05, 0) is 42.8 Å². The summed E-state index contributed by atoms with van der Waals surface area (Å²) in [6, 6.07) is 11.3. The van der Waals surface area contributed by atoms with Gasteiger partial charge in [-0.25, -0.2) is 5.43 Å². The molecule has 0 bridgehead atoms. The van der Waals surface area contributed by atoms with E-state index in [0.717, 1.165) is 0 Å². The number of pyridine rings is 1. The zero-order valence-electron chi connectivity index (χ0n) is 16.3. The quantitative estimate of drug-likeness (QED) is 0.317. The first-order valence-electron chi connectivity index (χ1n) is 9.22. The van der Waals surface area contributed by atoms with E-state index >= 15 is 0 Å². The molecule has 1 amide bonds. The maximum atomic E-state index is 12.8. The topological polar surface area (TPSA) is 113 Å². The number of fused-ring (bicyclic) bond motifs is 1. The van der Waals surface area contributed by atoms with Crippen LogP contribution >= 0.6 is 0 Å². The van der Waals surface area contributed by atoms with Crippen LogP contribution in [0.15, 0.2) is 65.0 Å². The molecule has 1 heterocycles. The number of hydrogen-bond donors (Lipinski definition) is 3. The molecule has 154 valence electrons. The molecule has 30 heavy (non-hydrogen) atoms. The SMILES string of the molecule is C=CCn1c(=O)c(C(=O)NN=Cc2ccc(O)c(OCC)c2)c(O)c2ccccc21. The number of phenolic OH excluding ortho intramolecular Hbond substituents is 1. The number of phenols is 1. The van der Waals surface area contributed by atoms with E-state index < -0.39 is 22.8 Å². The maximum absolute atomic E-state index is 12.8. The Balaban J connectivity index is 1.92. The number of hydrogen-bond acceptors (Lipinski definition) is 6. The molecule has 3 aromatic rings. The number of para-hydroxylation sites is 1. The molecular formula is C22H21N3O5. The van der Waals surface area contributed by atoms with Gasteiger partial charge in [0.05, 0.1) is 18.3 Å². The van der Waals surface area contributed by atoms with Gasteiger partial charge in [0.25, 0.3) is 11.5 Å². The van der Waals surface area contributed by atoms with Crippen molar-refractivity contribution < 1.29 is 19.7 Å². The molecule has 0 unspecified atom stereocenters. The van der Waals surface area contributed by atoms with Crippen molar-refractivity contribution in [1.29, 1.82) is 0 Å². The Morgan fingerprint density at radius 1 is 1.27 bits per heavy atom.